The Balaban J connectivity index is 2.37. The van der Waals surface area contributed by atoms with Gasteiger partial charge in [-0.15, -0.1) is 0 Å². The maximum atomic E-state index is 11.2. The van der Waals surface area contributed by atoms with Crippen LogP contribution < -0.4 is 16.4 Å². The summed E-state index contributed by atoms with van der Waals surface area (Å²) >= 11 is 0. The third kappa shape index (κ3) is 2.68. The van der Waals surface area contributed by atoms with Crippen molar-refractivity contribution in [2.75, 3.05) is 13.1 Å². The fourth-order valence-electron chi connectivity index (χ4n) is 1.26. The Morgan fingerprint density at radius 2 is 2.14 bits per heavy atom. The lowest BCUT2D eigenvalue weighted by Gasteiger charge is -2.40. The van der Waals surface area contributed by atoms with Crippen LogP contribution in [-0.2, 0) is 9.53 Å². The van der Waals surface area contributed by atoms with Gasteiger partial charge in [-0.3, -0.25) is 10.1 Å². The number of carbonyl (C=O) groups excluding carboxylic acids is 2. The van der Waals surface area contributed by atoms with Crippen LogP contribution in [0.1, 0.15) is 13.8 Å². The fraction of sp³-hybridized carbons (Fsp3) is 0.750. The molecule has 1 unspecified atom stereocenters. The van der Waals surface area contributed by atoms with Crippen LogP contribution in [0, 0.1) is 0 Å². The number of nitrogens with one attached hydrogen (secondary N) is 2. The molecule has 80 valence electrons. The Kier molecular flexibility index (Phi) is 3.07. The number of rotatable bonds is 3. The van der Waals surface area contributed by atoms with Crippen molar-refractivity contribution < 1.29 is 14.3 Å². The lowest BCUT2D eigenvalue weighted by Crippen LogP contribution is -2.61. The molecule has 1 saturated heterocycles. The van der Waals surface area contributed by atoms with Gasteiger partial charge in [0.1, 0.15) is 6.10 Å². The van der Waals surface area contributed by atoms with Gasteiger partial charge in [0.25, 0.3) is 5.91 Å². The second-order valence-electron chi connectivity index (χ2n) is 3.67. The number of urea groups is 1. The summed E-state index contributed by atoms with van der Waals surface area (Å²) in [6.45, 7) is 4.90. The molecule has 1 atom stereocenters. The molecule has 0 aromatic carbocycles. The van der Waals surface area contributed by atoms with E-state index in [4.69, 9.17) is 10.5 Å². The predicted octanol–water partition coefficient (Wildman–Crippen LogP) is -1.05. The molecule has 6 nitrogen and oxygen atoms in total. The summed E-state index contributed by atoms with van der Waals surface area (Å²) in [5, 5.41) is 5.01. The topological polar surface area (TPSA) is 93.4 Å². The van der Waals surface area contributed by atoms with Crippen molar-refractivity contribution in [1.29, 1.82) is 0 Å². The van der Waals surface area contributed by atoms with E-state index in [0.717, 1.165) is 0 Å². The normalized spacial score (nSPS) is 20.7. The van der Waals surface area contributed by atoms with Crippen molar-refractivity contribution in [1.82, 2.24) is 10.6 Å². The van der Waals surface area contributed by atoms with Gasteiger partial charge in [0.15, 0.2) is 0 Å². The molecule has 1 fully saturated rings. The summed E-state index contributed by atoms with van der Waals surface area (Å²) in [5.41, 5.74) is 4.49. The number of hydrogen-bond acceptors (Lipinski definition) is 4. The molecule has 3 amide bonds. The molecule has 0 aromatic heterocycles. The Morgan fingerprint density at radius 1 is 1.57 bits per heavy atom. The van der Waals surface area contributed by atoms with Crippen molar-refractivity contribution in [3.8, 4) is 0 Å². The van der Waals surface area contributed by atoms with Crippen LogP contribution in [0.15, 0.2) is 0 Å². The average molecular weight is 201 g/mol. The standard InChI is InChI=1S/C8H15N3O3/c1-5(6(12)11-7(9)13)14-8(2)3-10-4-8/h5,10H,3-4H2,1-2H3,(H3,9,11,12,13). The van der Waals surface area contributed by atoms with Crippen LogP contribution in [0.3, 0.4) is 0 Å². The van der Waals surface area contributed by atoms with E-state index in [1.165, 1.54) is 0 Å². The maximum Gasteiger partial charge on any atom is 0.318 e. The third-order valence-corrected chi connectivity index (χ3v) is 2.07. The van der Waals surface area contributed by atoms with Gasteiger partial charge in [-0.1, -0.05) is 0 Å². The highest BCUT2D eigenvalue weighted by atomic mass is 16.5. The number of amides is 3. The second kappa shape index (κ2) is 3.93. The molecular weight excluding hydrogens is 186 g/mol. The van der Waals surface area contributed by atoms with E-state index in [9.17, 15) is 9.59 Å². The summed E-state index contributed by atoms with van der Waals surface area (Å²) < 4.78 is 5.45. The lowest BCUT2D eigenvalue weighted by atomic mass is 10.00. The average Bonchev–Trinajstić information content (AvgIpc) is 2.00. The van der Waals surface area contributed by atoms with Crippen LogP contribution in [-0.4, -0.2) is 36.7 Å². The molecule has 0 saturated carbocycles. The van der Waals surface area contributed by atoms with Crippen LogP contribution in [0.4, 0.5) is 4.79 Å². The molecule has 1 heterocycles. The molecule has 1 rings (SSSR count). The van der Waals surface area contributed by atoms with Crippen molar-refractivity contribution in [3.05, 3.63) is 0 Å². The van der Waals surface area contributed by atoms with Gasteiger partial charge in [-0.2, -0.15) is 0 Å². The summed E-state index contributed by atoms with van der Waals surface area (Å²) in [6, 6.07) is -0.859. The van der Waals surface area contributed by atoms with Crippen LogP contribution in [0.2, 0.25) is 0 Å². The number of nitrogens with two attached hydrogens (primary N) is 1. The molecule has 1 aliphatic heterocycles. The zero-order valence-corrected chi connectivity index (χ0v) is 8.29. The van der Waals surface area contributed by atoms with Crippen molar-refractivity contribution >= 4 is 11.9 Å². The Hall–Kier alpha value is -1.14. The van der Waals surface area contributed by atoms with Crippen LogP contribution in [0.25, 0.3) is 0 Å². The maximum absolute atomic E-state index is 11.2. The molecule has 14 heavy (non-hydrogen) atoms. The van der Waals surface area contributed by atoms with Gasteiger partial charge in [0.05, 0.1) is 5.60 Å². The summed E-state index contributed by atoms with van der Waals surface area (Å²) in [6.07, 6.45) is -0.672. The molecule has 6 heteroatoms. The van der Waals surface area contributed by atoms with E-state index >= 15 is 0 Å². The highest BCUT2D eigenvalue weighted by Crippen LogP contribution is 2.17. The number of imide groups is 1. The monoisotopic (exact) mass is 201 g/mol. The van der Waals surface area contributed by atoms with E-state index in [1.54, 1.807) is 6.92 Å². The largest absolute Gasteiger partial charge is 0.360 e. The zero-order valence-electron chi connectivity index (χ0n) is 8.29. The molecular formula is C8H15N3O3. The third-order valence-electron chi connectivity index (χ3n) is 2.07. The molecule has 0 bridgehead atoms. The van der Waals surface area contributed by atoms with E-state index in [2.05, 4.69) is 5.32 Å². The van der Waals surface area contributed by atoms with Gasteiger partial charge in [-0.05, 0) is 13.8 Å². The molecule has 0 aromatic rings. The van der Waals surface area contributed by atoms with Gasteiger partial charge in [-0.25, -0.2) is 4.79 Å². The first-order chi connectivity index (χ1) is 6.43. The van der Waals surface area contributed by atoms with E-state index in [-0.39, 0.29) is 5.60 Å². The molecule has 0 spiro atoms. The molecule has 1 aliphatic rings. The first kappa shape index (κ1) is 10.9. The Labute approximate surface area is 82.2 Å². The number of primary amides is 1. The fourth-order valence-corrected chi connectivity index (χ4v) is 1.26. The van der Waals surface area contributed by atoms with Gasteiger partial charge in [0, 0.05) is 13.1 Å². The minimum Gasteiger partial charge on any atom is -0.360 e. The van der Waals surface area contributed by atoms with Gasteiger partial charge in [0.2, 0.25) is 0 Å². The van der Waals surface area contributed by atoms with Crippen molar-refractivity contribution in [3.63, 3.8) is 0 Å². The second-order valence-corrected chi connectivity index (χ2v) is 3.67. The Bertz CT molecular complexity index is 250. The minimum atomic E-state index is -0.859. The van der Waals surface area contributed by atoms with Crippen LogP contribution >= 0.6 is 0 Å². The predicted molar refractivity (Wildman–Crippen MR) is 49.5 cm³/mol. The number of hydrogen-bond donors (Lipinski definition) is 3. The minimum absolute atomic E-state index is 0.311. The summed E-state index contributed by atoms with van der Waals surface area (Å²) in [4.78, 5) is 21.6. The SMILES string of the molecule is CC(OC1(C)CNC1)C(=O)NC(N)=O. The number of ether oxygens (including phenoxy) is 1. The highest BCUT2D eigenvalue weighted by Gasteiger charge is 2.35. The summed E-state index contributed by atoms with van der Waals surface area (Å²) in [7, 11) is 0. The van der Waals surface area contributed by atoms with Gasteiger partial charge < -0.3 is 15.8 Å². The highest BCUT2D eigenvalue weighted by molar-refractivity contribution is 5.95. The number of carbonyl (C=O) groups is 2. The lowest BCUT2D eigenvalue weighted by molar-refractivity contribution is -0.148. The molecule has 0 radical (unpaired) electrons. The van der Waals surface area contributed by atoms with Crippen molar-refractivity contribution in [2.45, 2.75) is 25.6 Å². The molecule has 0 aliphatic carbocycles. The van der Waals surface area contributed by atoms with E-state index < -0.39 is 18.0 Å². The van der Waals surface area contributed by atoms with E-state index in [0.29, 0.717) is 13.1 Å². The molecule has 4 N–H and O–H groups in total. The quantitative estimate of drug-likeness (QED) is 0.543. The smallest absolute Gasteiger partial charge is 0.318 e. The zero-order chi connectivity index (χ0) is 10.8. The van der Waals surface area contributed by atoms with Crippen LogP contribution in [0.5, 0.6) is 0 Å². The Morgan fingerprint density at radius 3 is 2.50 bits per heavy atom. The van der Waals surface area contributed by atoms with E-state index in [1.807, 2.05) is 12.2 Å². The van der Waals surface area contributed by atoms with Gasteiger partial charge >= 0.3 is 6.03 Å². The first-order valence-electron chi connectivity index (χ1n) is 4.42. The van der Waals surface area contributed by atoms with Crippen molar-refractivity contribution in [2.24, 2.45) is 5.73 Å². The summed E-state index contributed by atoms with van der Waals surface area (Å²) in [5.74, 6) is -0.509. The first-order valence-corrected chi connectivity index (χ1v) is 4.42.